The molecule has 0 amide bonds. The molecule has 0 saturated carbocycles. The van der Waals surface area contributed by atoms with Gasteiger partial charge < -0.3 is 10.1 Å². The largest absolute Gasteiger partial charge is 0.384 e. The lowest BCUT2D eigenvalue weighted by Gasteiger charge is -2.19. The number of sulfonamides is 1. The SMILES string of the molecule is CCNS(=O)(=O)c1ccccc1NCC1CCOC1CC. The summed E-state index contributed by atoms with van der Waals surface area (Å²) in [4.78, 5) is 0.304. The molecule has 0 aromatic heterocycles. The second kappa shape index (κ2) is 7.24. The monoisotopic (exact) mass is 312 g/mol. The highest BCUT2D eigenvalue weighted by atomic mass is 32.2. The van der Waals surface area contributed by atoms with Gasteiger partial charge in [-0.3, -0.25) is 0 Å². The molecule has 2 atom stereocenters. The maximum Gasteiger partial charge on any atom is 0.242 e. The normalized spacial score (nSPS) is 22.4. The van der Waals surface area contributed by atoms with Gasteiger partial charge in [-0.2, -0.15) is 0 Å². The molecule has 0 aliphatic carbocycles. The first kappa shape index (κ1) is 16.3. The van der Waals surface area contributed by atoms with Crippen molar-refractivity contribution >= 4 is 15.7 Å². The average molecular weight is 312 g/mol. The fourth-order valence-corrected chi connectivity index (χ4v) is 3.96. The van der Waals surface area contributed by atoms with Gasteiger partial charge >= 0.3 is 0 Å². The van der Waals surface area contributed by atoms with Gasteiger partial charge in [0.25, 0.3) is 0 Å². The number of rotatable bonds is 7. The standard InChI is InChI=1S/C15H24N2O3S/c1-3-14-12(9-10-20-14)11-16-13-7-5-6-8-15(13)21(18,19)17-4-2/h5-8,12,14,16-17H,3-4,9-11H2,1-2H3. The van der Waals surface area contributed by atoms with E-state index in [9.17, 15) is 8.42 Å². The molecule has 0 bridgehead atoms. The van der Waals surface area contributed by atoms with Crippen molar-refractivity contribution in [3.8, 4) is 0 Å². The molecule has 1 saturated heterocycles. The van der Waals surface area contributed by atoms with Gasteiger partial charge in [0.1, 0.15) is 4.90 Å². The van der Waals surface area contributed by atoms with Gasteiger partial charge in [0.05, 0.1) is 11.8 Å². The lowest BCUT2D eigenvalue weighted by Crippen LogP contribution is -2.26. The van der Waals surface area contributed by atoms with E-state index >= 15 is 0 Å². The lowest BCUT2D eigenvalue weighted by atomic mass is 9.99. The Balaban J connectivity index is 2.10. The number of para-hydroxylation sites is 1. The van der Waals surface area contributed by atoms with Crippen LogP contribution in [0, 0.1) is 5.92 Å². The number of benzene rings is 1. The summed E-state index contributed by atoms with van der Waals surface area (Å²) in [5.41, 5.74) is 0.653. The summed E-state index contributed by atoms with van der Waals surface area (Å²) < 4.78 is 32.6. The molecule has 118 valence electrons. The van der Waals surface area contributed by atoms with Crippen LogP contribution in [0.3, 0.4) is 0 Å². The van der Waals surface area contributed by atoms with Crippen LogP contribution in [0.1, 0.15) is 26.7 Å². The minimum absolute atomic E-state index is 0.273. The number of ether oxygens (including phenoxy) is 1. The van der Waals surface area contributed by atoms with Crippen LogP contribution >= 0.6 is 0 Å². The smallest absolute Gasteiger partial charge is 0.242 e. The van der Waals surface area contributed by atoms with Gasteiger partial charge in [0.2, 0.25) is 10.0 Å². The summed E-state index contributed by atoms with van der Waals surface area (Å²) in [6.07, 6.45) is 2.28. The molecule has 1 aromatic rings. The van der Waals surface area contributed by atoms with E-state index < -0.39 is 10.0 Å². The minimum Gasteiger partial charge on any atom is -0.384 e. The van der Waals surface area contributed by atoms with Crippen molar-refractivity contribution in [3.05, 3.63) is 24.3 Å². The fourth-order valence-electron chi connectivity index (χ4n) is 2.73. The van der Waals surface area contributed by atoms with Gasteiger partial charge in [0.15, 0.2) is 0 Å². The number of nitrogens with one attached hydrogen (secondary N) is 2. The highest BCUT2D eigenvalue weighted by Crippen LogP contribution is 2.26. The van der Waals surface area contributed by atoms with Crippen LogP contribution in [0.15, 0.2) is 29.2 Å². The fraction of sp³-hybridized carbons (Fsp3) is 0.600. The van der Waals surface area contributed by atoms with Crippen molar-refractivity contribution in [2.45, 2.75) is 37.7 Å². The van der Waals surface area contributed by atoms with E-state index in [1.807, 2.05) is 6.07 Å². The summed E-state index contributed by atoms with van der Waals surface area (Å²) in [6.45, 7) is 5.80. The maximum atomic E-state index is 12.2. The van der Waals surface area contributed by atoms with Gasteiger partial charge in [0, 0.05) is 25.6 Å². The molecule has 0 spiro atoms. The first-order valence-corrected chi connectivity index (χ1v) is 9.01. The molecule has 1 aliphatic rings. The van der Waals surface area contributed by atoms with E-state index in [1.165, 1.54) is 0 Å². The Hall–Kier alpha value is -1.11. The molecule has 1 heterocycles. The predicted octanol–water partition coefficient (Wildman–Crippen LogP) is 2.21. The summed E-state index contributed by atoms with van der Waals surface area (Å²) in [5.74, 6) is 0.435. The van der Waals surface area contributed by atoms with Crippen LogP contribution in [0.2, 0.25) is 0 Å². The molecule has 2 unspecified atom stereocenters. The van der Waals surface area contributed by atoms with E-state index in [0.29, 0.717) is 23.0 Å². The average Bonchev–Trinajstić information content (AvgIpc) is 2.93. The van der Waals surface area contributed by atoms with E-state index in [1.54, 1.807) is 25.1 Å². The van der Waals surface area contributed by atoms with E-state index in [4.69, 9.17) is 4.74 Å². The van der Waals surface area contributed by atoms with Crippen molar-refractivity contribution < 1.29 is 13.2 Å². The van der Waals surface area contributed by atoms with E-state index in [0.717, 1.165) is 26.0 Å². The van der Waals surface area contributed by atoms with Crippen LogP contribution in [0.4, 0.5) is 5.69 Å². The lowest BCUT2D eigenvalue weighted by molar-refractivity contribution is 0.0900. The zero-order valence-corrected chi connectivity index (χ0v) is 13.4. The number of hydrogen-bond donors (Lipinski definition) is 2. The molecule has 2 N–H and O–H groups in total. The third-order valence-corrected chi connectivity index (χ3v) is 5.42. The predicted molar refractivity (Wildman–Crippen MR) is 83.9 cm³/mol. The third kappa shape index (κ3) is 3.96. The number of hydrogen-bond acceptors (Lipinski definition) is 4. The van der Waals surface area contributed by atoms with Crippen LogP contribution < -0.4 is 10.0 Å². The quantitative estimate of drug-likeness (QED) is 0.810. The summed E-state index contributed by atoms with van der Waals surface area (Å²) >= 11 is 0. The van der Waals surface area contributed by atoms with Gasteiger partial charge in [-0.25, -0.2) is 13.1 Å². The molecule has 6 heteroatoms. The first-order valence-electron chi connectivity index (χ1n) is 7.52. The number of anilines is 1. The minimum atomic E-state index is -3.45. The third-order valence-electron chi connectivity index (χ3n) is 3.81. The van der Waals surface area contributed by atoms with Crippen LogP contribution in [0.5, 0.6) is 0 Å². The van der Waals surface area contributed by atoms with E-state index in [-0.39, 0.29) is 6.10 Å². The van der Waals surface area contributed by atoms with Crippen molar-refractivity contribution in [1.82, 2.24) is 4.72 Å². The Morgan fingerprint density at radius 2 is 2.05 bits per heavy atom. The van der Waals surface area contributed by atoms with Crippen molar-refractivity contribution in [2.24, 2.45) is 5.92 Å². The molecule has 1 fully saturated rings. The summed E-state index contributed by atoms with van der Waals surface area (Å²) in [6, 6.07) is 7.02. The molecule has 2 rings (SSSR count). The highest BCUT2D eigenvalue weighted by molar-refractivity contribution is 7.89. The molecule has 21 heavy (non-hydrogen) atoms. The molecular weight excluding hydrogens is 288 g/mol. The van der Waals surface area contributed by atoms with Crippen molar-refractivity contribution in [3.63, 3.8) is 0 Å². The Kier molecular flexibility index (Phi) is 5.61. The molecular formula is C15H24N2O3S. The van der Waals surface area contributed by atoms with Gasteiger partial charge in [-0.15, -0.1) is 0 Å². The van der Waals surface area contributed by atoms with Crippen molar-refractivity contribution in [1.29, 1.82) is 0 Å². The van der Waals surface area contributed by atoms with Gasteiger partial charge in [-0.05, 0) is 25.0 Å². The van der Waals surface area contributed by atoms with Crippen LogP contribution in [0.25, 0.3) is 0 Å². The summed E-state index contributed by atoms with van der Waals surface area (Å²) in [5, 5.41) is 3.28. The van der Waals surface area contributed by atoms with Gasteiger partial charge in [-0.1, -0.05) is 26.0 Å². The zero-order chi connectivity index (χ0) is 15.3. The van der Waals surface area contributed by atoms with E-state index in [2.05, 4.69) is 17.0 Å². The molecule has 0 radical (unpaired) electrons. The Labute approximate surface area is 127 Å². The van der Waals surface area contributed by atoms with Crippen molar-refractivity contribution in [2.75, 3.05) is 25.0 Å². The Bertz CT molecular complexity index is 560. The topological polar surface area (TPSA) is 67.4 Å². The Morgan fingerprint density at radius 1 is 1.29 bits per heavy atom. The Morgan fingerprint density at radius 3 is 2.76 bits per heavy atom. The second-order valence-corrected chi connectivity index (χ2v) is 6.98. The second-order valence-electron chi connectivity index (χ2n) is 5.24. The van der Waals surface area contributed by atoms with Crippen LogP contribution in [-0.2, 0) is 14.8 Å². The first-order chi connectivity index (χ1) is 10.1. The maximum absolute atomic E-state index is 12.2. The summed E-state index contributed by atoms with van der Waals surface area (Å²) in [7, 11) is -3.45. The molecule has 5 nitrogen and oxygen atoms in total. The van der Waals surface area contributed by atoms with Crippen LogP contribution in [-0.4, -0.2) is 34.2 Å². The highest BCUT2D eigenvalue weighted by Gasteiger charge is 2.27. The zero-order valence-electron chi connectivity index (χ0n) is 12.6. The molecule has 1 aliphatic heterocycles. The molecule has 1 aromatic carbocycles.